The molecule has 0 bridgehead atoms. The zero-order valence-corrected chi connectivity index (χ0v) is 17.2. The van der Waals surface area contributed by atoms with Crippen molar-refractivity contribution in [2.75, 3.05) is 5.32 Å². The van der Waals surface area contributed by atoms with Crippen LogP contribution in [0.4, 0.5) is 10.2 Å². The molecule has 0 fully saturated rings. The Morgan fingerprint density at radius 2 is 1.97 bits per heavy atom. The number of carbonyl (C=O) groups is 2. The number of aryl methyl sites for hydroxylation is 1. The maximum absolute atomic E-state index is 13.2. The van der Waals surface area contributed by atoms with Crippen LogP contribution < -0.4 is 5.32 Å². The fourth-order valence-corrected chi connectivity index (χ4v) is 3.85. The van der Waals surface area contributed by atoms with Crippen molar-refractivity contribution in [3.8, 4) is 0 Å². The number of nitrogens with zero attached hydrogens (tertiary/aromatic N) is 3. The third-order valence-corrected chi connectivity index (χ3v) is 5.64. The smallest absolute Gasteiger partial charge is 0.349 e. The molecule has 0 aliphatic carbocycles. The average Bonchev–Trinajstić information content (AvgIpc) is 3.38. The Labute approximate surface area is 174 Å². The molecular weight excluding hydrogens is 409 g/mol. The Morgan fingerprint density at radius 1 is 1.23 bits per heavy atom. The van der Waals surface area contributed by atoms with E-state index in [1.807, 2.05) is 0 Å². The van der Waals surface area contributed by atoms with Gasteiger partial charge in [-0.3, -0.25) is 14.6 Å². The highest BCUT2D eigenvalue weighted by Gasteiger charge is 2.28. The largest absolute Gasteiger partial charge is 0.451 e. The Morgan fingerprint density at radius 3 is 2.63 bits per heavy atom. The lowest BCUT2D eigenvalue weighted by Crippen LogP contribution is -2.25. The number of H-pyrrole nitrogens is 1. The third-order valence-electron chi connectivity index (χ3n) is 4.63. The average molecular weight is 427 g/mol. The van der Waals surface area contributed by atoms with E-state index >= 15 is 0 Å². The summed E-state index contributed by atoms with van der Waals surface area (Å²) in [5.41, 5.74) is 0.103. The van der Waals surface area contributed by atoms with Gasteiger partial charge in [0.05, 0.1) is 5.39 Å². The monoisotopic (exact) mass is 427 g/mol. The molecular formula is C20H18FN5O3S. The van der Waals surface area contributed by atoms with E-state index in [0.29, 0.717) is 32.2 Å². The standard InChI is InChI=1S/C20H18FN5O3S/c1-20(2,11-4-6-12(21)7-5-11)29-19(28)15-10-13-16(24-25-18(13)30-15)23-17(27)14-8-9-22-26(14)3/h4-10H,1-3H3,(H2,23,24,25,27). The molecule has 8 nitrogen and oxygen atoms in total. The van der Waals surface area contributed by atoms with Gasteiger partial charge in [-0.05, 0) is 43.7 Å². The molecule has 0 saturated heterocycles. The van der Waals surface area contributed by atoms with Gasteiger partial charge in [0.1, 0.15) is 32.6 Å². The number of amides is 1. The van der Waals surface area contributed by atoms with Gasteiger partial charge >= 0.3 is 5.97 Å². The number of aromatic nitrogens is 4. The number of rotatable bonds is 5. The molecule has 1 aromatic carbocycles. The van der Waals surface area contributed by atoms with E-state index < -0.39 is 11.6 Å². The van der Waals surface area contributed by atoms with Crippen molar-refractivity contribution < 1.29 is 18.7 Å². The molecule has 10 heteroatoms. The molecule has 2 N–H and O–H groups in total. The Hall–Kier alpha value is -3.53. The van der Waals surface area contributed by atoms with Gasteiger partial charge in [-0.15, -0.1) is 11.3 Å². The second-order valence-corrected chi connectivity index (χ2v) is 8.16. The summed E-state index contributed by atoms with van der Waals surface area (Å²) in [4.78, 5) is 26.0. The zero-order chi connectivity index (χ0) is 21.5. The molecule has 4 rings (SSSR count). The predicted molar refractivity (Wildman–Crippen MR) is 110 cm³/mol. The molecule has 154 valence electrons. The molecule has 0 radical (unpaired) electrons. The fourth-order valence-electron chi connectivity index (χ4n) is 2.97. The maximum Gasteiger partial charge on any atom is 0.349 e. The highest BCUT2D eigenvalue weighted by molar-refractivity contribution is 7.20. The minimum absolute atomic E-state index is 0.340. The van der Waals surface area contributed by atoms with Gasteiger partial charge in [-0.2, -0.15) is 10.2 Å². The van der Waals surface area contributed by atoms with E-state index in [9.17, 15) is 14.0 Å². The van der Waals surface area contributed by atoms with Crippen molar-refractivity contribution in [2.45, 2.75) is 19.4 Å². The molecule has 0 aliphatic heterocycles. The number of halogens is 1. The van der Waals surface area contributed by atoms with E-state index in [-0.39, 0.29) is 11.7 Å². The molecule has 0 aliphatic rings. The van der Waals surface area contributed by atoms with E-state index in [1.165, 1.54) is 23.0 Å². The molecule has 30 heavy (non-hydrogen) atoms. The first kappa shape index (κ1) is 19.8. The van der Waals surface area contributed by atoms with E-state index in [2.05, 4.69) is 20.6 Å². The highest BCUT2D eigenvalue weighted by Crippen LogP contribution is 2.32. The van der Waals surface area contributed by atoms with Gasteiger partial charge in [0.2, 0.25) is 0 Å². The molecule has 3 heterocycles. The summed E-state index contributed by atoms with van der Waals surface area (Å²) >= 11 is 1.15. The summed E-state index contributed by atoms with van der Waals surface area (Å²) in [5, 5.41) is 14.2. The van der Waals surface area contributed by atoms with Crippen LogP contribution in [0.15, 0.2) is 42.6 Å². The van der Waals surface area contributed by atoms with Crippen LogP contribution in [0, 0.1) is 5.82 Å². The van der Waals surface area contributed by atoms with E-state index in [4.69, 9.17) is 4.74 Å². The first-order chi connectivity index (χ1) is 14.2. The van der Waals surface area contributed by atoms with Gasteiger partial charge in [-0.25, -0.2) is 9.18 Å². The molecule has 1 amide bonds. The molecule has 0 saturated carbocycles. The molecule has 3 aromatic heterocycles. The van der Waals surface area contributed by atoms with Gasteiger partial charge in [0, 0.05) is 13.2 Å². The summed E-state index contributed by atoms with van der Waals surface area (Å²) in [7, 11) is 1.67. The van der Waals surface area contributed by atoms with Crippen LogP contribution in [-0.4, -0.2) is 31.9 Å². The van der Waals surface area contributed by atoms with Crippen LogP contribution >= 0.6 is 11.3 Å². The van der Waals surface area contributed by atoms with Crippen LogP contribution in [0.3, 0.4) is 0 Å². The van der Waals surface area contributed by atoms with Crippen LogP contribution in [0.25, 0.3) is 10.2 Å². The fraction of sp³-hybridized carbons (Fsp3) is 0.200. The summed E-state index contributed by atoms with van der Waals surface area (Å²) < 4.78 is 20.3. The van der Waals surface area contributed by atoms with E-state index in [1.54, 1.807) is 45.2 Å². The molecule has 0 spiro atoms. The van der Waals surface area contributed by atoms with Crippen molar-refractivity contribution >= 4 is 39.2 Å². The van der Waals surface area contributed by atoms with Crippen LogP contribution in [0.1, 0.15) is 39.6 Å². The SMILES string of the molecule is Cn1nccc1C(=O)Nc1[nH]nc2sc(C(=O)OC(C)(C)c3ccc(F)cc3)cc12. The number of carbonyl (C=O) groups excluding carboxylic acids is 2. The topological polar surface area (TPSA) is 102 Å². The van der Waals surface area contributed by atoms with Crippen molar-refractivity contribution in [1.29, 1.82) is 0 Å². The summed E-state index contributed by atoms with van der Waals surface area (Å²) in [6.45, 7) is 3.47. The Balaban J connectivity index is 1.54. The van der Waals surface area contributed by atoms with Gasteiger partial charge in [0.25, 0.3) is 5.91 Å². The van der Waals surface area contributed by atoms with Gasteiger partial charge in [-0.1, -0.05) is 12.1 Å². The quantitative estimate of drug-likeness (QED) is 0.471. The zero-order valence-electron chi connectivity index (χ0n) is 16.4. The van der Waals surface area contributed by atoms with Crippen molar-refractivity contribution in [2.24, 2.45) is 7.05 Å². The lowest BCUT2D eigenvalue weighted by atomic mass is 9.98. The Bertz CT molecular complexity index is 1240. The molecule has 4 aromatic rings. The molecule has 0 unspecified atom stereocenters. The summed E-state index contributed by atoms with van der Waals surface area (Å²) in [5.74, 6) is -0.866. The van der Waals surface area contributed by atoms with Crippen LogP contribution in [-0.2, 0) is 17.4 Å². The number of fused-ring (bicyclic) bond motifs is 1. The third kappa shape index (κ3) is 3.69. The van der Waals surface area contributed by atoms with Crippen molar-refractivity contribution in [3.63, 3.8) is 0 Å². The number of hydrogen-bond acceptors (Lipinski definition) is 6. The maximum atomic E-state index is 13.2. The number of aromatic amines is 1. The first-order valence-electron chi connectivity index (χ1n) is 9.01. The number of thiophene rings is 1. The summed E-state index contributed by atoms with van der Waals surface area (Å²) in [6.07, 6.45) is 1.53. The van der Waals surface area contributed by atoms with Crippen molar-refractivity contribution in [1.82, 2.24) is 20.0 Å². The predicted octanol–water partition coefficient (Wildman–Crippen LogP) is 3.84. The second-order valence-electron chi connectivity index (χ2n) is 7.13. The lowest BCUT2D eigenvalue weighted by molar-refractivity contribution is -0.00258. The first-order valence-corrected chi connectivity index (χ1v) is 9.83. The van der Waals surface area contributed by atoms with Gasteiger partial charge in [0.15, 0.2) is 0 Å². The molecule has 0 atom stereocenters. The number of anilines is 1. The summed E-state index contributed by atoms with van der Waals surface area (Å²) in [6, 6.07) is 9.01. The Kier molecular flexibility index (Phi) is 4.86. The van der Waals surface area contributed by atoms with E-state index in [0.717, 1.165) is 11.3 Å². The number of benzene rings is 1. The normalized spacial score (nSPS) is 11.6. The minimum atomic E-state index is -0.950. The minimum Gasteiger partial charge on any atom is -0.451 e. The van der Waals surface area contributed by atoms with Crippen molar-refractivity contribution in [3.05, 3.63) is 64.5 Å². The lowest BCUT2D eigenvalue weighted by Gasteiger charge is -2.25. The number of ether oxygens (including phenoxy) is 1. The highest BCUT2D eigenvalue weighted by atomic mass is 32.1. The number of nitrogens with one attached hydrogen (secondary N) is 2. The van der Waals surface area contributed by atoms with Gasteiger partial charge < -0.3 is 10.1 Å². The number of esters is 1. The van der Waals surface area contributed by atoms with Crippen LogP contribution in [0.5, 0.6) is 0 Å². The van der Waals surface area contributed by atoms with Crippen LogP contribution in [0.2, 0.25) is 0 Å². The number of hydrogen-bond donors (Lipinski definition) is 2. The second kappa shape index (κ2) is 7.38.